The summed E-state index contributed by atoms with van der Waals surface area (Å²) in [4.78, 5) is 33.3. The molecule has 0 bridgehead atoms. The summed E-state index contributed by atoms with van der Waals surface area (Å²) in [6, 6.07) is 33.6. The van der Waals surface area contributed by atoms with E-state index in [-0.39, 0.29) is 23.8 Å². The number of esters is 1. The Morgan fingerprint density at radius 3 is 1.61 bits per heavy atom. The predicted molar refractivity (Wildman–Crippen MR) is 275 cm³/mol. The molecule has 0 heterocycles. The number of carboxylic acids is 1. The number of rotatable bonds is 13. The number of carbonyl (C=O) groups excluding carboxylic acids is 2. The maximum atomic E-state index is 11.2. The van der Waals surface area contributed by atoms with Crippen molar-refractivity contribution in [1.82, 2.24) is 0 Å². The molecule has 0 aliphatic heterocycles. The fourth-order valence-corrected chi connectivity index (χ4v) is 12.9. The first-order valence-electron chi connectivity index (χ1n) is 26.9. The van der Waals surface area contributed by atoms with E-state index in [0.717, 1.165) is 80.3 Å². The predicted octanol–water partition coefficient (Wildman–Crippen LogP) is 14.4. The first-order chi connectivity index (χ1) is 33.6. The summed E-state index contributed by atoms with van der Waals surface area (Å²) >= 11 is 0. The Hall–Kier alpha value is -4.95. The molecule has 0 amide bonds. The van der Waals surface area contributed by atoms with E-state index in [2.05, 4.69) is 72.8 Å². The van der Waals surface area contributed by atoms with Gasteiger partial charge < -0.3 is 25.1 Å². The zero-order chi connectivity index (χ0) is 48.1. The van der Waals surface area contributed by atoms with Crippen LogP contribution in [0.15, 0.2) is 97.1 Å². The van der Waals surface area contributed by atoms with Gasteiger partial charge in [-0.3, -0.25) is 14.4 Å². The number of nitrogens with two attached hydrogens (primary N) is 1. The van der Waals surface area contributed by atoms with Crippen LogP contribution in [0.4, 0.5) is 0 Å². The molecule has 370 valence electrons. The van der Waals surface area contributed by atoms with Crippen LogP contribution in [0.5, 0.6) is 11.5 Å². The van der Waals surface area contributed by atoms with Crippen molar-refractivity contribution in [3.63, 3.8) is 0 Å². The van der Waals surface area contributed by atoms with Gasteiger partial charge in [0.25, 0.3) is 0 Å². The molecule has 6 aliphatic carbocycles. The Bertz CT molecular complexity index is 2240. The highest BCUT2D eigenvalue weighted by molar-refractivity contribution is 5.79. The average molecular weight is 938 g/mol. The molecule has 0 aromatic heterocycles. The molecule has 10 rings (SSSR count). The second kappa shape index (κ2) is 24.3. The van der Waals surface area contributed by atoms with Gasteiger partial charge in [-0.2, -0.15) is 0 Å². The molecule has 69 heavy (non-hydrogen) atoms. The van der Waals surface area contributed by atoms with Crippen LogP contribution in [0, 0.1) is 28.6 Å². The lowest BCUT2D eigenvalue weighted by Gasteiger charge is -2.37. The van der Waals surface area contributed by atoms with Gasteiger partial charge in [0.15, 0.2) is 0 Å². The van der Waals surface area contributed by atoms with Gasteiger partial charge in [-0.05, 0) is 210 Å². The van der Waals surface area contributed by atoms with Gasteiger partial charge in [-0.1, -0.05) is 92.4 Å². The Kier molecular flexibility index (Phi) is 17.7. The van der Waals surface area contributed by atoms with Crippen molar-refractivity contribution in [3.05, 3.63) is 108 Å². The first-order valence-corrected chi connectivity index (χ1v) is 26.9. The molecule has 3 N–H and O–H groups in total. The number of ether oxygens (including phenoxy) is 3. The summed E-state index contributed by atoms with van der Waals surface area (Å²) in [6.07, 6.45) is 30.8. The topological polar surface area (TPSA) is 125 Å². The third-order valence-electron chi connectivity index (χ3n) is 17.1. The van der Waals surface area contributed by atoms with Crippen LogP contribution in [0.3, 0.4) is 0 Å². The molecule has 8 nitrogen and oxygen atoms in total. The van der Waals surface area contributed by atoms with Gasteiger partial charge in [0.2, 0.25) is 0 Å². The maximum absolute atomic E-state index is 11.2. The molecule has 6 saturated carbocycles. The minimum atomic E-state index is -0.617. The number of hydrogen-bond acceptors (Lipinski definition) is 7. The lowest BCUT2D eigenvalue weighted by molar-refractivity contribution is -0.147. The average Bonchev–Trinajstić information content (AvgIpc) is 4.24. The first kappa shape index (κ1) is 50.4. The SMILES string of the molecule is CCOC(=O)C1CCC(N)C1.O=C(O)C1CCC(CCc2cccc(-c3ccc(OC4CCC5(CCCC5)CC4)cc3)c2)C1.O=Cc1cccc(-c2ccc(OC3CCC4(CCCC4)CC3)cc2)c1. The van der Waals surface area contributed by atoms with E-state index in [9.17, 15) is 19.5 Å². The summed E-state index contributed by atoms with van der Waals surface area (Å²) in [5.41, 5.74) is 13.7. The molecule has 0 radical (unpaired) electrons. The number of carboxylic acid groups (broad SMARTS) is 1. The number of benzene rings is 4. The van der Waals surface area contributed by atoms with Crippen molar-refractivity contribution in [2.45, 2.75) is 179 Å². The van der Waals surface area contributed by atoms with Crippen LogP contribution in [0.2, 0.25) is 0 Å². The van der Waals surface area contributed by atoms with Gasteiger partial charge in [-0.25, -0.2) is 0 Å². The van der Waals surface area contributed by atoms with Crippen molar-refractivity contribution in [1.29, 1.82) is 0 Å². The Balaban J connectivity index is 0.000000157. The molecule has 6 aliphatic rings. The van der Waals surface area contributed by atoms with Crippen LogP contribution in [-0.4, -0.2) is 48.2 Å². The molecule has 0 saturated heterocycles. The number of aliphatic carboxylic acids is 1. The van der Waals surface area contributed by atoms with Crippen molar-refractivity contribution in [2.24, 2.45) is 34.3 Å². The van der Waals surface area contributed by atoms with Crippen LogP contribution >= 0.6 is 0 Å². The van der Waals surface area contributed by atoms with E-state index in [0.29, 0.717) is 41.1 Å². The van der Waals surface area contributed by atoms with Crippen LogP contribution < -0.4 is 15.2 Å². The summed E-state index contributed by atoms with van der Waals surface area (Å²) in [6.45, 7) is 2.30. The van der Waals surface area contributed by atoms with Crippen molar-refractivity contribution >= 4 is 18.2 Å². The van der Waals surface area contributed by atoms with E-state index in [1.807, 2.05) is 31.2 Å². The number of carbonyl (C=O) groups is 3. The Morgan fingerprint density at radius 1 is 0.609 bits per heavy atom. The summed E-state index contributed by atoms with van der Waals surface area (Å²) < 4.78 is 17.5. The highest BCUT2D eigenvalue weighted by Gasteiger charge is 2.39. The van der Waals surface area contributed by atoms with Gasteiger partial charge in [0, 0.05) is 11.6 Å². The second-order valence-corrected chi connectivity index (χ2v) is 21.8. The molecular weight excluding hydrogens is 859 g/mol. The molecule has 4 aromatic carbocycles. The molecule has 2 spiro atoms. The summed E-state index contributed by atoms with van der Waals surface area (Å²) in [5.74, 6) is 1.77. The van der Waals surface area contributed by atoms with Crippen molar-refractivity contribution < 1.29 is 33.7 Å². The van der Waals surface area contributed by atoms with E-state index in [1.165, 1.54) is 119 Å². The standard InChI is InChI=1S/C30H38O3.C23H26O2.C8H15NO2/c31-29(32)26-9-8-23(21-26)7-6-22-4-3-5-25(20-22)24-10-12-27(13-11-24)33-28-14-18-30(19-15-28)16-1-2-17-30;24-17-18-4-3-5-20(16-18)19-6-8-21(9-7-19)25-22-10-14-23(15-11-22)12-1-2-13-23;1-2-11-8(10)6-3-4-7(9)5-6/h3-5,10-13,20,23,26,28H,1-2,6-9,14-19,21H2,(H,31,32);3-9,16-17,22H,1-2,10-15H2;6-7H,2-5,9H2,1H3. The van der Waals surface area contributed by atoms with E-state index < -0.39 is 5.97 Å². The monoisotopic (exact) mass is 938 g/mol. The van der Waals surface area contributed by atoms with Crippen LogP contribution in [0.1, 0.15) is 171 Å². The highest BCUT2D eigenvalue weighted by atomic mass is 16.5. The zero-order valence-electron chi connectivity index (χ0n) is 41.4. The van der Waals surface area contributed by atoms with E-state index in [4.69, 9.17) is 19.9 Å². The maximum Gasteiger partial charge on any atom is 0.308 e. The van der Waals surface area contributed by atoms with Gasteiger partial charge in [0.05, 0.1) is 30.7 Å². The number of aldehydes is 1. The minimum absolute atomic E-state index is 0.0690. The smallest absolute Gasteiger partial charge is 0.308 e. The van der Waals surface area contributed by atoms with Crippen molar-refractivity contribution in [3.8, 4) is 33.8 Å². The number of aryl methyl sites for hydroxylation is 1. The van der Waals surface area contributed by atoms with Crippen LogP contribution in [0.25, 0.3) is 22.3 Å². The molecule has 6 fully saturated rings. The molecule has 4 atom stereocenters. The van der Waals surface area contributed by atoms with Gasteiger partial charge >= 0.3 is 11.9 Å². The van der Waals surface area contributed by atoms with Gasteiger partial charge in [-0.15, -0.1) is 0 Å². The Labute approximate surface area is 412 Å². The third kappa shape index (κ3) is 14.1. The van der Waals surface area contributed by atoms with Crippen molar-refractivity contribution in [2.75, 3.05) is 6.61 Å². The summed E-state index contributed by atoms with van der Waals surface area (Å²) in [7, 11) is 0. The van der Waals surface area contributed by atoms with E-state index in [1.54, 1.807) is 0 Å². The molecule has 4 aromatic rings. The minimum Gasteiger partial charge on any atom is -0.490 e. The second-order valence-electron chi connectivity index (χ2n) is 21.8. The number of hydrogen-bond donors (Lipinski definition) is 2. The van der Waals surface area contributed by atoms with Crippen LogP contribution in [-0.2, 0) is 20.7 Å². The third-order valence-corrected chi connectivity index (χ3v) is 17.1. The van der Waals surface area contributed by atoms with Gasteiger partial charge in [0.1, 0.15) is 17.8 Å². The molecule has 8 heteroatoms. The lowest BCUT2D eigenvalue weighted by Crippen LogP contribution is -2.30. The van der Waals surface area contributed by atoms with E-state index >= 15 is 0 Å². The Morgan fingerprint density at radius 2 is 1.13 bits per heavy atom. The normalized spacial score (nSPS) is 24.7. The molecule has 4 unspecified atom stereocenters. The quantitative estimate of drug-likeness (QED) is 0.100. The lowest BCUT2D eigenvalue weighted by atomic mass is 9.72. The fraction of sp³-hybridized carbons (Fsp3) is 0.557. The fourth-order valence-electron chi connectivity index (χ4n) is 12.9. The molecular formula is C61H79NO7. The zero-order valence-corrected chi connectivity index (χ0v) is 41.4. The summed E-state index contributed by atoms with van der Waals surface area (Å²) in [5, 5.41) is 9.22. The highest BCUT2D eigenvalue weighted by Crippen LogP contribution is 2.50. The largest absolute Gasteiger partial charge is 0.490 e.